The van der Waals surface area contributed by atoms with Crippen LogP contribution in [0, 0.1) is 5.82 Å². The fourth-order valence-corrected chi connectivity index (χ4v) is 4.58. The van der Waals surface area contributed by atoms with Crippen LogP contribution in [0.15, 0.2) is 24.3 Å². The number of carbonyl (C=O) groups is 1. The van der Waals surface area contributed by atoms with Crippen molar-refractivity contribution in [3.05, 3.63) is 46.9 Å². The van der Waals surface area contributed by atoms with Crippen molar-refractivity contribution in [2.24, 2.45) is 0 Å². The van der Waals surface area contributed by atoms with Gasteiger partial charge in [-0.15, -0.1) is 10.8 Å². The monoisotopic (exact) mass is 410 g/mol. The number of benzene rings is 1. The molecule has 0 saturated carbocycles. The highest BCUT2D eigenvalue weighted by atomic mass is 32.3. The minimum Gasteiger partial charge on any atom is -0.465 e. The third-order valence-corrected chi connectivity index (χ3v) is 6.58. The van der Waals surface area contributed by atoms with Crippen molar-refractivity contribution in [1.29, 1.82) is 0 Å². The van der Waals surface area contributed by atoms with Crippen LogP contribution < -0.4 is 4.31 Å². The number of fused-ring (bicyclic) bond motifs is 1. The van der Waals surface area contributed by atoms with Gasteiger partial charge in [0.15, 0.2) is 5.82 Å². The van der Waals surface area contributed by atoms with Crippen LogP contribution in [0.3, 0.4) is 0 Å². The number of anilines is 1. The van der Waals surface area contributed by atoms with E-state index in [2.05, 4.69) is 4.98 Å². The summed E-state index contributed by atoms with van der Waals surface area (Å²) in [5.74, 6) is -1.43. The molecule has 28 heavy (non-hydrogen) atoms. The Labute approximate surface area is 164 Å². The third kappa shape index (κ3) is 3.35. The molecule has 3 N–H and O–H groups in total. The average Bonchev–Trinajstić information content (AvgIpc) is 2.64. The van der Waals surface area contributed by atoms with Gasteiger partial charge in [-0.2, -0.15) is 0 Å². The van der Waals surface area contributed by atoms with Gasteiger partial charge in [-0.1, -0.05) is 26.0 Å². The number of aliphatic hydroxyl groups is 1. The summed E-state index contributed by atoms with van der Waals surface area (Å²) in [6.07, 6.45) is -1.27. The summed E-state index contributed by atoms with van der Waals surface area (Å²) in [6.45, 7) is 3.68. The maximum Gasteiger partial charge on any atom is 0.340 e. The van der Waals surface area contributed by atoms with Crippen LogP contribution in [0.4, 0.5) is 10.2 Å². The first-order valence-corrected chi connectivity index (χ1v) is 10.4. The molecule has 0 aliphatic carbocycles. The highest BCUT2D eigenvalue weighted by Gasteiger charge is 2.39. The van der Waals surface area contributed by atoms with Crippen molar-refractivity contribution < 1.29 is 28.1 Å². The van der Waals surface area contributed by atoms with Gasteiger partial charge in [0.1, 0.15) is 11.9 Å². The molecule has 3 rings (SSSR count). The summed E-state index contributed by atoms with van der Waals surface area (Å²) in [5, 5.41) is 10.7. The highest BCUT2D eigenvalue weighted by molar-refractivity contribution is 8.25. The summed E-state index contributed by atoms with van der Waals surface area (Å²) in [5.41, 5.74) is 1.70. The lowest BCUT2D eigenvalue weighted by atomic mass is 9.88. The Morgan fingerprint density at radius 2 is 1.93 bits per heavy atom. The van der Waals surface area contributed by atoms with E-state index in [0.717, 1.165) is 0 Å². The van der Waals surface area contributed by atoms with Crippen LogP contribution in [-0.2, 0) is 4.74 Å². The first kappa shape index (κ1) is 20.5. The number of ether oxygens (including phenoxy) is 1. The Hall–Kier alpha value is -2.20. The number of aromatic nitrogens is 1. The van der Waals surface area contributed by atoms with Crippen LogP contribution in [-0.4, -0.2) is 45.1 Å². The maximum absolute atomic E-state index is 13.5. The number of pyridine rings is 1. The van der Waals surface area contributed by atoms with Crippen molar-refractivity contribution in [2.75, 3.05) is 24.2 Å². The van der Waals surface area contributed by atoms with E-state index in [4.69, 9.17) is 4.74 Å². The molecule has 1 aliphatic heterocycles. The van der Waals surface area contributed by atoms with Crippen molar-refractivity contribution in [2.45, 2.75) is 25.9 Å². The standard InChI is InChI=1S/C19H23FN2O5S/c1-10(2)17-16(19(24)27-4)14(11-5-7-12(20)8-6-11)15-13(23)9-28(25,26)22(3)18(15)21-17/h5-8,10,13,23,25-26H,9H2,1-4H3. The van der Waals surface area contributed by atoms with Crippen molar-refractivity contribution in [3.63, 3.8) is 0 Å². The van der Waals surface area contributed by atoms with Gasteiger partial charge in [-0.25, -0.2) is 14.2 Å². The molecule has 2 heterocycles. The molecule has 1 aromatic carbocycles. The van der Waals surface area contributed by atoms with Gasteiger partial charge in [0, 0.05) is 18.2 Å². The van der Waals surface area contributed by atoms with Crippen LogP contribution in [0.5, 0.6) is 0 Å². The number of hydrogen-bond donors (Lipinski definition) is 3. The lowest BCUT2D eigenvalue weighted by Crippen LogP contribution is -2.35. The van der Waals surface area contributed by atoms with Gasteiger partial charge in [-0.3, -0.25) is 13.4 Å². The van der Waals surface area contributed by atoms with Gasteiger partial charge in [0.05, 0.1) is 24.1 Å². The number of rotatable bonds is 3. The summed E-state index contributed by atoms with van der Waals surface area (Å²) in [4.78, 5) is 17.2. The molecule has 0 spiro atoms. The van der Waals surface area contributed by atoms with E-state index >= 15 is 0 Å². The Kier molecular flexibility index (Phi) is 5.37. The first-order chi connectivity index (χ1) is 13.1. The second-order valence-corrected chi connectivity index (χ2v) is 9.10. The molecule has 1 aliphatic rings. The van der Waals surface area contributed by atoms with E-state index in [1.807, 2.05) is 13.8 Å². The number of halogens is 1. The van der Waals surface area contributed by atoms with Gasteiger partial charge >= 0.3 is 5.97 Å². The fraction of sp³-hybridized carbons (Fsp3) is 0.368. The van der Waals surface area contributed by atoms with E-state index in [9.17, 15) is 23.4 Å². The molecule has 0 amide bonds. The quantitative estimate of drug-likeness (QED) is 0.659. The molecule has 1 aromatic heterocycles. The summed E-state index contributed by atoms with van der Waals surface area (Å²) in [7, 11) is -0.541. The largest absolute Gasteiger partial charge is 0.465 e. The maximum atomic E-state index is 13.5. The molecule has 1 atom stereocenters. The zero-order valence-corrected chi connectivity index (χ0v) is 16.8. The van der Waals surface area contributed by atoms with Crippen LogP contribution in [0.2, 0.25) is 0 Å². The lowest BCUT2D eigenvalue weighted by Gasteiger charge is -2.47. The molecule has 9 heteroatoms. The van der Waals surface area contributed by atoms with Crippen LogP contribution >= 0.6 is 10.8 Å². The van der Waals surface area contributed by atoms with E-state index in [0.29, 0.717) is 16.8 Å². The Balaban J connectivity index is 2.46. The van der Waals surface area contributed by atoms with E-state index in [1.54, 1.807) is 0 Å². The number of nitrogens with zero attached hydrogens (tertiary/aromatic N) is 2. The summed E-state index contributed by atoms with van der Waals surface area (Å²) < 4.78 is 40.4. The Morgan fingerprint density at radius 3 is 2.46 bits per heavy atom. The fourth-order valence-electron chi connectivity index (χ4n) is 3.35. The molecule has 152 valence electrons. The Morgan fingerprint density at radius 1 is 1.32 bits per heavy atom. The van der Waals surface area contributed by atoms with Gasteiger partial charge < -0.3 is 9.84 Å². The molecule has 1 unspecified atom stereocenters. The number of hydrogen-bond acceptors (Lipinski definition) is 7. The summed E-state index contributed by atoms with van der Waals surface area (Å²) in [6, 6.07) is 5.51. The SMILES string of the molecule is COC(=O)c1c(C(C)C)nc2c(c1-c1ccc(F)cc1)C(O)CS(O)(O)N2C. The minimum atomic E-state index is -3.27. The van der Waals surface area contributed by atoms with Gasteiger partial charge in [0.25, 0.3) is 0 Å². The van der Waals surface area contributed by atoms with Crippen molar-refractivity contribution in [3.8, 4) is 11.1 Å². The minimum absolute atomic E-state index is 0.175. The first-order valence-electron chi connectivity index (χ1n) is 8.68. The predicted octanol–water partition coefficient (Wildman–Crippen LogP) is 3.95. The molecule has 0 fully saturated rings. The molecule has 0 saturated heterocycles. The molecular weight excluding hydrogens is 387 g/mol. The van der Waals surface area contributed by atoms with Crippen molar-refractivity contribution >= 4 is 22.6 Å². The molecule has 0 radical (unpaired) electrons. The van der Waals surface area contributed by atoms with Crippen molar-refractivity contribution in [1.82, 2.24) is 4.98 Å². The zero-order valence-electron chi connectivity index (χ0n) is 16.0. The van der Waals surface area contributed by atoms with E-state index in [1.165, 1.54) is 42.7 Å². The van der Waals surface area contributed by atoms with E-state index < -0.39 is 28.7 Å². The second kappa shape index (κ2) is 7.32. The number of carbonyl (C=O) groups excluding carboxylic acids is 1. The topological polar surface area (TPSA) is 103 Å². The lowest BCUT2D eigenvalue weighted by molar-refractivity contribution is 0.0599. The summed E-state index contributed by atoms with van der Waals surface area (Å²) >= 11 is 0. The van der Waals surface area contributed by atoms with Gasteiger partial charge in [-0.05, 0) is 23.6 Å². The number of methoxy groups -OCH3 is 1. The second-order valence-electron chi connectivity index (χ2n) is 6.95. The number of aliphatic hydroxyl groups excluding tert-OH is 1. The van der Waals surface area contributed by atoms with Gasteiger partial charge in [0.2, 0.25) is 0 Å². The average molecular weight is 410 g/mol. The normalized spacial score (nSPS) is 19.3. The zero-order chi connectivity index (χ0) is 20.8. The number of esters is 1. The molecule has 2 aromatic rings. The van der Waals surface area contributed by atoms with Crippen LogP contribution in [0.25, 0.3) is 11.1 Å². The molecule has 7 nitrogen and oxygen atoms in total. The van der Waals surface area contributed by atoms with E-state index in [-0.39, 0.29) is 28.6 Å². The Bertz CT molecular complexity index is 918. The predicted molar refractivity (Wildman–Crippen MR) is 106 cm³/mol. The third-order valence-electron chi connectivity index (χ3n) is 4.76. The smallest absolute Gasteiger partial charge is 0.340 e. The molecule has 0 bridgehead atoms. The molecular formula is C19H23FN2O5S. The highest BCUT2D eigenvalue weighted by Crippen LogP contribution is 2.56. The van der Waals surface area contributed by atoms with Crippen LogP contribution in [0.1, 0.15) is 47.5 Å².